The zero-order valence-electron chi connectivity index (χ0n) is 10.2. The summed E-state index contributed by atoms with van der Waals surface area (Å²) in [6.07, 6.45) is 7.61. The van der Waals surface area contributed by atoms with Crippen LogP contribution in [0.1, 0.15) is 0 Å². The maximum atomic E-state index is 5.05. The van der Waals surface area contributed by atoms with Crippen molar-refractivity contribution in [2.45, 2.75) is 6.54 Å². The summed E-state index contributed by atoms with van der Waals surface area (Å²) in [5.41, 5.74) is 3.09. The molecule has 0 amide bonds. The third-order valence-corrected chi connectivity index (χ3v) is 2.88. The van der Waals surface area contributed by atoms with Crippen LogP contribution in [0.3, 0.4) is 0 Å². The van der Waals surface area contributed by atoms with Crippen LogP contribution in [0.4, 0.5) is 0 Å². The van der Waals surface area contributed by atoms with Crippen LogP contribution in [0.2, 0.25) is 0 Å². The van der Waals surface area contributed by atoms with Crippen molar-refractivity contribution in [1.82, 2.24) is 19.2 Å². The van der Waals surface area contributed by atoms with Gasteiger partial charge in [0.15, 0.2) is 0 Å². The van der Waals surface area contributed by atoms with Crippen molar-refractivity contribution in [3.05, 3.63) is 43.1 Å². The summed E-state index contributed by atoms with van der Waals surface area (Å²) in [5.74, 6) is 0. The molecular formula is C13H14N4O. The summed E-state index contributed by atoms with van der Waals surface area (Å²) < 4.78 is 8.92. The molecule has 0 bridgehead atoms. The molecule has 92 valence electrons. The second-order valence-corrected chi connectivity index (χ2v) is 4.11. The predicted molar refractivity (Wildman–Crippen MR) is 68.3 cm³/mol. The monoisotopic (exact) mass is 242 g/mol. The van der Waals surface area contributed by atoms with Gasteiger partial charge in [-0.1, -0.05) is 0 Å². The average Bonchev–Trinajstić information content (AvgIpc) is 3.04. The minimum atomic E-state index is 0.688. The minimum Gasteiger partial charge on any atom is -0.383 e. The molecule has 3 aromatic heterocycles. The SMILES string of the molecule is COCCn1cnc(-c2ccc3ccnn3c2)c1. The van der Waals surface area contributed by atoms with Gasteiger partial charge >= 0.3 is 0 Å². The molecule has 0 aliphatic rings. The first kappa shape index (κ1) is 11.0. The average molecular weight is 242 g/mol. The summed E-state index contributed by atoms with van der Waals surface area (Å²) in [4.78, 5) is 4.40. The molecule has 0 radical (unpaired) electrons. The largest absolute Gasteiger partial charge is 0.383 e. The van der Waals surface area contributed by atoms with Gasteiger partial charge in [0.1, 0.15) is 0 Å². The third kappa shape index (κ3) is 2.00. The van der Waals surface area contributed by atoms with Crippen molar-refractivity contribution in [3.8, 4) is 11.3 Å². The molecule has 5 nitrogen and oxygen atoms in total. The number of nitrogens with zero attached hydrogens (tertiary/aromatic N) is 4. The van der Waals surface area contributed by atoms with Crippen LogP contribution < -0.4 is 0 Å². The van der Waals surface area contributed by atoms with Crippen LogP contribution in [0.25, 0.3) is 16.8 Å². The van der Waals surface area contributed by atoms with E-state index in [9.17, 15) is 0 Å². The number of ether oxygens (including phenoxy) is 1. The standard InChI is InChI=1S/C13H14N4O/c1-18-7-6-16-9-13(14-10-16)11-2-3-12-4-5-15-17(12)8-11/h2-5,8-10H,6-7H2,1H3. The maximum absolute atomic E-state index is 5.05. The predicted octanol–water partition coefficient (Wildman–Crippen LogP) is 1.84. The van der Waals surface area contributed by atoms with Gasteiger partial charge in [0.2, 0.25) is 0 Å². The van der Waals surface area contributed by atoms with Crippen molar-refractivity contribution in [3.63, 3.8) is 0 Å². The van der Waals surface area contributed by atoms with Gasteiger partial charge in [-0.2, -0.15) is 5.10 Å². The Hall–Kier alpha value is -2.14. The van der Waals surface area contributed by atoms with E-state index in [1.807, 2.05) is 39.9 Å². The van der Waals surface area contributed by atoms with Crippen LogP contribution >= 0.6 is 0 Å². The number of fused-ring (bicyclic) bond motifs is 1. The van der Waals surface area contributed by atoms with E-state index in [4.69, 9.17) is 4.74 Å². The molecule has 5 heteroatoms. The van der Waals surface area contributed by atoms with Crippen molar-refractivity contribution in [1.29, 1.82) is 0 Å². The van der Waals surface area contributed by atoms with Crippen molar-refractivity contribution in [2.75, 3.05) is 13.7 Å². The Morgan fingerprint density at radius 3 is 3.06 bits per heavy atom. The molecule has 18 heavy (non-hydrogen) atoms. The quantitative estimate of drug-likeness (QED) is 0.701. The molecule has 0 N–H and O–H groups in total. The minimum absolute atomic E-state index is 0.688. The van der Waals surface area contributed by atoms with Crippen LogP contribution in [0, 0.1) is 0 Å². The molecule has 3 aromatic rings. The van der Waals surface area contributed by atoms with Crippen LogP contribution in [0.5, 0.6) is 0 Å². The summed E-state index contributed by atoms with van der Waals surface area (Å²) in [5, 5.41) is 4.22. The molecule has 3 rings (SSSR count). The highest BCUT2D eigenvalue weighted by atomic mass is 16.5. The fraction of sp³-hybridized carbons (Fsp3) is 0.231. The fourth-order valence-corrected chi connectivity index (χ4v) is 1.89. The molecule has 0 aromatic carbocycles. The van der Waals surface area contributed by atoms with Gasteiger partial charge in [0.05, 0.1) is 24.1 Å². The van der Waals surface area contributed by atoms with Crippen molar-refractivity contribution < 1.29 is 4.74 Å². The lowest BCUT2D eigenvalue weighted by molar-refractivity contribution is 0.187. The second-order valence-electron chi connectivity index (χ2n) is 4.11. The number of imidazole rings is 1. The van der Waals surface area contributed by atoms with E-state index in [1.54, 1.807) is 13.3 Å². The van der Waals surface area contributed by atoms with E-state index >= 15 is 0 Å². The smallest absolute Gasteiger partial charge is 0.0954 e. The summed E-state index contributed by atoms with van der Waals surface area (Å²) in [6, 6.07) is 6.07. The van der Waals surface area contributed by atoms with E-state index in [0.29, 0.717) is 6.61 Å². The Bertz CT molecular complexity index is 656. The highest BCUT2D eigenvalue weighted by molar-refractivity contribution is 5.61. The molecule has 0 unspecified atom stereocenters. The topological polar surface area (TPSA) is 44.3 Å². The first-order valence-corrected chi connectivity index (χ1v) is 5.81. The number of methoxy groups -OCH3 is 1. The highest BCUT2D eigenvalue weighted by Gasteiger charge is 2.03. The van der Waals surface area contributed by atoms with E-state index in [1.165, 1.54) is 0 Å². The van der Waals surface area contributed by atoms with E-state index in [-0.39, 0.29) is 0 Å². The first-order chi connectivity index (χ1) is 8.86. The van der Waals surface area contributed by atoms with Crippen LogP contribution in [-0.4, -0.2) is 32.9 Å². The summed E-state index contributed by atoms with van der Waals surface area (Å²) >= 11 is 0. The molecule has 0 atom stereocenters. The lowest BCUT2D eigenvalue weighted by atomic mass is 10.2. The maximum Gasteiger partial charge on any atom is 0.0954 e. The molecule has 0 spiro atoms. The Balaban J connectivity index is 1.90. The third-order valence-electron chi connectivity index (χ3n) is 2.88. The molecule has 0 saturated carbocycles. The van der Waals surface area contributed by atoms with Gasteiger partial charge in [-0.05, 0) is 18.2 Å². The van der Waals surface area contributed by atoms with Crippen LogP contribution in [0.15, 0.2) is 43.1 Å². The molecule has 0 fully saturated rings. The molecule has 0 saturated heterocycles. The van der Waals surface area contributed by atoms with Gasteiger partial charge in [-0.3, -0.25) is 0 Å². The normalized spacial score (nSPS) is 11.2. The fourth-order valence-electron chi connectivity index (χ4n) is 1.89. The number of pyridine rings is 1. The zero-order chi connectivity index (χ0) is 12.4. The Morgan fingerprint density at radius 1 is 1.22 bits per heavy atom. The van der Waals surface area contributed by atoms with Crippen molar-refractivity contribution in [2.24, 2.45) is 0 Å². The van der Waals surface area contributed by atoms with Gasteiger partial charge in [0.25, 0.3) is 0 Å². The van der Waals surface area contributed by atoms with Gasteiger partial charge in [0, 0.05) is 37.8 Å². The first-order valence-electron chi connectivity index (χ1n) is 5.81. The van der Waals surface area contributed by atoms with Crippen molar-refractivity contribution >= 4 is 5.52 Å². The lowest BCUT2D eigenvalue weighted by Gasteiger charge is -2.00. The van der Waals surface area contributed by atoms with Gasteiger partial charge in [-0.15, -0.1) is 0 Å². The van der Waals surface area contributed by atoms with E-state index in [2.05, 4.69) is 16.1 Å². The molecule has 0 aliphatic heterocycles. The molecule has 0 aliphatic carbocycles. The summed E-state index contributed by atoms with van der Waals surface area (Å²) in [7, 11) is 1.70. The highest BCUT2D eigenvalue weighted by Crippen LogP contribution is 2.17. The number of hydrogen-bond donors (Lipinski definition) is 0. The molecular weight excluding hydrogens is 228 g/mol. The van der Waals surface area contributed by atoms with Crippen LogP contribution in [-0.2, 0) is 11.3 Å². The number of rotatable bonds is 4. The van der Waals surface area contributed by atoms with Gasteiger partial charge in [-0.25, -0.2) is 9.50 Å². The second kappa shape index (κ2) is 4.62. The number of aromatic nitrogens is 4. The molecule has 3 heterocycles. The van der Waals surface area contributed by atoms with E-state index < -0.39 is 0 Å². The summed E-state index contributed by atoms with van der Waals surface area (Å²) in [6.45, 7) is 1.50. The Morgan fingerprint density at radius 2 is 2.17 bits per heavy atom. The van der Waals surface area contributed by atoms with Gasteiger partial charge < -0.3 is 9.30 Å². The Kier molecular flexibility index (Phi) is 2.82. The zero-order valence-corrected chi connectivity index (χ0v) is 10.2. The lowest BCUT2D eigenvalue weighted by Crippen LogP contribution is -2.00. The Labute approximate surface area is 105 Å². The van der Waals surface area contributed by atoms with E-state index in [0.717, 1.165) is 23.3 Å². The number of hydrogen-bond acceptors (Lipinski definition) is 3.